The minimum atomic E-state index is -0.480. The molecule has 1 spiro atoms. The Hall–Kier alpha value is -0.990. The van der Waals surface area contributed by atoms with Crippen molar-refractivity contribution in [3.63, 3.8) is 0 Å². The average Bonchev–Trinajstić information content (AvgIpc) is 3.27. The van der Waals surface area contributed by atoms with Gasteiger partial charge in [-0.15, -0.1) is 11.3 Å². The van der Waals surface area contributed by atoms with Gasteiger partial charge < -0.3 is 24.5 Å². The number of thiophene rings is 1. The summed E-state index contributed by atoms with van der Waals surface area (Å²) in [6, 6.07) is 2.10. The Kier molecular flexibility index (Phi) is 5.33. The van der Waals surface area contributed by atoms with E-state index in [2.05, 4.69) is 17.9 Å². The molecule has 0 aromatic carbocycles. The summed E-state index contributed by atoms with van der Waals surface area (Å²) in [5, 5.41) is 10.3. The largest absolute Gasteiger partial charge is 0.390 e. The van der Waals surface area contributed by atoms with Gasteiger partial charge in [0, 0.05) is 31.1 Å². The fourth-order valence-electron chi connectivity index (χ4n) is 4.73. The summed E-state index contributed by atoms with van der Waals surface area (Å²) in [6.07, 6.45) is 2.42. The maximum Gasteiger partial charge on any atom is 0.264 e. The fraction of sp³-hybridized carbons (Fsp3) is 0.750. The summed E-state index contributed by atoms with van der Waals surface area (Å²) in [5.41, 5.74) is 1.10. The zero-order valence-corrected chi connectivity index (χ0v) is 17.4. The van der Waals surface area contributed by atoms with Crippen molar-refractivity contribution in [1.29, 1.82) is 0 Å². The molecule has 1 N–H and O–H groups in total. The maximum absolute atomic E-state index is 13.1. The van der Waals surface area contributed by atoms with Crippen molar-refractivity contribution in [3.8, 4) is 0 Å². The molecule has 2 atom stereocenters. The Morgan fingerprint density at radius 1 is 1.37 bits per heavy atom. The fourth-order valence-corrected chi connectivity index (χ4v) is 6.11. The third kappa shape index (κ3) is 3.44. The average molecular weight is 394 g/mol. The summed E-state index contributed by atoms with van der Waals surface area (Å²) in [7, 11) is 3.91. The van der Waals surface area contributed by atoms with Gasteiger partial charge >= 0.3 is 0 Å². The molecule has 0 aliphatic carbocycles. The van der Waals surface area contributed by atoms with Gasteiger partial charge in [0.15, 0.2) is 0 Å². The highest BCUT2D eigenvalue weighted by Crippen LogP contribution is 2.45. The smallest absolute Gasteiger partial charge is 0.264 e. The van der Waals surface area contributed by atoms with Gasteiger partial charge in [-0.3, -0.25) is 4.79 Å². The first-order chi connectivity index (χ1) is 12.9. The van der Waals surface area contributed by atoms with E-state index < -0.39 is 6.10 Å². The lowest BCUT2D eigenvalue weighted by Crippen LogP contribution is -2.45. The van der Waals surface area contributed by atoms with Crippen molar-refractivity contribution in [2.24, 2.45) is 0 Å². The molecule has 3 aliphatic rings. The van der Waals surface area contributed by atoms with Crippen LogP contribution in [0.4, 0.5) is 0 Å². The number of ether oxygens (including phenoxy) is 1. The van der Waals surface area contributed by atoms with Gasteiger partial charge in [0.1, 0.15) is 5.60 Å². The lowest BCUT2D eigenvalue weighted by molar-refractivity contribution is -0.0944. The summed E-state index contributed by atoms with van der Waals surface area (Å²) in [6.45, 7) is 7.15. The van der Waals surface area contributed by atoms with E-state index in [-0.39, 0.29) is 17.6 Å². The first-order valence-electron chi connectivity index (χ1n) is 10.1. The van der Waals surface area contributed by atoms with Crippen molar-refractivity contribution >= 4 is 17.2 Å². The molecule has 4 heterocycles. The molecule has 1 aromatic rings. The van der Waals surface area contributed by atoms with Crippen molar-refractivity contribution in [3.05, 3.63) is 21.4 Å². The standard InChI is InChI=1S/C20H31N3O3S/c1-4-22-8-6-20(7-9-22)18-14(5-10-26-20)11-17(27-18)19(25)23-12-15(21(2)3)16(24)13-23/h11,15-16,24H,4-10,12-13H2,1-3H3/t15-,16-/m0/s1. The summed E-state index contributed by atoms with van der Waals surface area (Å²) < 4.78 is 6.32. The topological polar surface area (TPSA) is 56.3 Å². The van der Waals surface area contributed by atoms with Gasteiger partial charge in [0.05, 0.1) is 23.6 Å². The second kappa shape index (κ2) is 7.44. The molecule has 1 amide bonds. The van der Waals surface area contributed by atoms with E-state index in [1.807, 2.05) is 19.0 Å². The molecule has 0 radical (unpaired) electrons. The quantitative estimate of drug-likeness (QED) is 0.841. The van der Waals surface area contributed by atoms with Gasteiger partial charge in [0.25, 0.3) is 5.91 Å². The first kappa shape index (κ1) is 19.3. The zero-order valence-electron chi connectivity index (χ0n) is 16.6. The lowest BCUT2D eigenvalue weighted by Gasteiger charge is -2.43. The number of carbonyl (C=O) groups excluding carboxylic acids is 1. The normalized spacial score (nSPS) is 28.1. The van der Waals surface area contributed by atoms with Crippen molar-refractivity contribution in [2.75, 3.05) is 53.4 Å². The third-order valence-corrected chi connectivity index (χ3v) is 7.85. The van der Waals surface area contributed by atoms with E-state index in [0.29, 0.717) is 13.1 Å². The summed E-state index contributed by atoms with van der Waals surface area (Å²) in [5.74, 6) is 0.0546. The van der Waals surface area contributed by atoms with Crippen molar-refractivity contribution < 1.29 is 14.6 Å². The molecule has 3 aliphatic heterocycles. The van der Waals surface area contributed by atoms with E-state index in [1.165, 1.54) is 10.4 Å². The van der Waals surface area contributed by atoms with E-state index in [0.717, 1.165) is 50.4 Å². The number of piperidine rings is 1. The van der Waals surface area contributed by atoms with Crippen LogP contribution in [0.2, 0.25) is 0 Å². The van der Waals surface area contributed by atoms with Crippen LogP contribution in [0, 0.1) is 0 Å². The summed E-state index contributed by atoms with van der Waals surface area (Å²) in [4.78, 5) is 21.5. The second-order valence-corrected chi connectivity index (χ2v) is 9.35. The Morgan fingerprint density at radius 2 is 2.11 bits per heavy atom. The Morgan fingerprint density at radius 3 is 2.74 bits per heavy atom. The van der Waals surface area contributed by atoms with Crippen LogP contribution in [-0.4, -0.2) is 91.3 Å². The van der Waals surface area contributed by atoms with Crippen molar-refractivity contribution in [1.82, 2.24) is 14.7 Å². The number of hydrogen-bond acceptors (Lipinski definition) is 6. The number of fused-ring (bicyclic) bond motifs is 2. The molecular formula is C20H31N3O3S. The van der Waals surface area contributed by atoms with Gasteiger partial charge in [-0.25, -0.2) is 0 Å². The van der Waals surface area contributed by atoms with Crippen LogP contribution in [0.5, 0.6) is 0 Å². The molecule has 150 valence electrons. The van der Waals surface area contributed by atoms with E-state index in [1.54, 1.807) is 16.2 Å². The van der Waals surface area contributed by atoms with Crippen LogP contribution in [-0.2, 0) is 16.8 Å². The minimum Gasteiger partial charge on any atom is -0.390 e. The second-order valence-electron chi connectivity index (χ2n) is 8.30. The lowest BCUT2D eigenvalue weighted by atomic mass is 9.85. The van der Waals surface area contributed by atoms with Crippen LogP contribution in [0.15, 0.2) is 6.07 Å². The van der Waals surface area contributed by atoms with Gasteiger partial charge in [-0.05, 0) is 51.5 Å². The molecule has 2 fully saturated rings. The number of aliphatic hydroxyl groups is 1. The monoisotopic (exact) mass is 393 g/mol. The minimum absolute atomic E-state index is 0.0107. The van der Waals surface area contributed by atoms with Gasteiger partial charge in [-0.1, -0.05) is 6.92 Å². The predicted octanol–water partition coefficient (Wildman–Crippen LogP) is 1.38. The number of amides is 1. The van der Waals surface area contributed by atoms with Gasteiger partial charge in [0.2, 0.25) is 0 Å². The Balaban J connectivity index is 1.54. The molecule has 2 saturated heterocycles. The number of carbonyl (C=O) groups is 1. The highest BCUT2D eigenvalue weighted by atomic mass is 32.1. The number of likely N-dealkylation sites (tertiary alicyclic amines) is 2. The Bertz CT molecular complexity index is 697. The van der Waals surface area contributed by atoms with Crippen LogP contribution >= 0.6 is 11.3 Å². The molecule has 0 bridgehead atoms. The highest BCUT2D eigenvalue weighted by Gasteiger charge is 2.43. The van der Waals surface area contributed by atoms with Crippen LogP contribution < -0.4 is 0 Å². The van der Waals surface area contributed by atoms with E-state index in [4.69, 9.17) is 4.74 Å². The number of aliphatic hydroxyl groups excluding tert-OH is 1. The van der Waals surface area contributed by atoms with E-state index in [9.17, 15) is 9.90 Å². The SMILES string of the molecule is CCN1CCC2(CC1)OCCc1cc(C(=O)N3C[C@H](O)[C@@H](N(C)C)C3)sc12. The van der Waals surface area contributed by atoms with Crippen LogP contribution in [0.25, 0.3) is 0 Å². The molecule has 1 aromatic heterocycles. The number of hydrogen-bond donors (Lipinski definition) is 1. The zero-order chi connectivity index (χ0) is 19.2. The molecule has 0 saturated carbocycles. The number of β-amino-alcohol motifs (C(OH)–C–C–N with tert-alkyl or cyclic N) is 1. The maximum atomic E-state index is 13.1. The summed E-state index contributed by atoms with van der Waals surface area (Å²) >= 11 is 1.63. The number of rotatable bonds is 3. The van der Waals surface area contributed by atoms with Crippen LogP contribution in [0.3, 0.4) is 0 Å². The number of nitrogens with zero attached hydrogens (tertiary/aromatic N) is 3. The predicted molar refractivity (Wildman–Crippen MR) is 106 cm³/mol. The van der Waals surface area contributed by atoms with Crippen molar-refractivity contribution in [2.45, 2.75) is 43.9 Å². The highest BCUT2D eigenvalue weighted by molar-refractivity contribution is 7.14. The van der Waals surface area contributed by atoms with E-state index >= 15 is 0 Å². The molecule has 6 nitrogen and oxygen atoms in total. The van der Waals surface area contributed by atoms with Gasteiger partial charge in [-0.2, -0.15) is 0 Å². The molecule has 4 rings (SSSR count). The molecular weight excluding hydrogens is 362 g/mol. The Labute approximate surface area is 165 Å². The first-order valence-corrected chi connectivity index (χ1v) is 10.9. The molecule has 7 heteroatoms. The molecule has 0 unspecified atom stereocenters. The molecule has 27 heavy (non-hydrogen) atoms. The third-order valence-electron chi connectivity index (χ3n) is 6.50. The number of likely N-dealkylation sites (N-methyl/N-ethyl adjacent to an activating group) is 1. The van der Waals surface area contributed by atoms with Crippen LogP contribution in [0.1, 0.15) is 39.9 Å².